The molecule has 3 nitrogen and oxygen atoms in total. The first kappa shape index (κ1) is 18.0. The van der Waals surface area contributed by atoms with E-state index < -0.39 is 24.3 Å². The molecule has 0 bridgehead atoms. The van der Waals surface area contributed by atoms with Crippen LogP contribution in [0.3, 0.4) is 0 Å². The second kappa shape index (κ2) is 7.51. The van der Waals surface area contributed by atoms with Gasteiger partial charge in [0.15, 0.2) is 0 Å². The first-order chi connectivity index (χ1) is 11.3. The Morgan fingerprint density at radius 3 is 2.54 bits per heavy atom. The fourth-order valence-corrected chi connectivity index (χ4v) is 2.16. The number of carbonyl (C=O) groups is 1. The molecule has 0 unspecified atom stereocenters. The van der Waals surface area contributed by atoms with E-state index in [0.29, 0.717) is 17.1 Å². The Balaban J connectivity index is 1.89. The summed E-state index contributed by atoms with van der Waals surface area (Å²) in [6.45, 7) is -0.374. The van der Waals surface area contributed by atoms with Gasteiger partial charge in [0, 0.05) is 26.4 Å². The molecule has 1 aromatic carbocycles. The fraction of sp³-hybridized carbons (Fsp3) is 0.353. The first-order valence-corrected chi connectivity index (χ1v) is 7.40. The van der Waals surface area contributed by atoms with Crippen LogP contribution in [0.1, 0.15) is 18.6 Å². The van der Waals surface area contributed by atoms with Gasteiger partial charge in [0.25, 0.3) is 0 Å². The molecule has 0 radical (unpaired) electrons. The molecule has 2 aromatic rings. The van der Waals surface area contributed by atoms with Gasteiger partial charge in [-0.2, -0.15) is 13.2 Å². The lowest BCUT2D eigenvalue weighted by Gasteiger charge is -2.17. The van der Waals surface area contributed by atoms with Crippen molar-refractivity contribution in [1.29, 1.82) is 0 Å². The second-order valence-electron chi connectivity index (χ2n) is 5.43. The van der Waals surface area contributed by atoms with Crippen LogP contribution in [0, 0.1) is 5.82 Å². The zero-order valence-corrected chi connectivity index (χ0v) is 13.1. The first-order valence-electron chi connectivity index (χ1n) is 7.40. The Kier molecular flexibility index (Phi) is 5.64. The van der Waals surface area contributed by atoms with Crippen molar-refractivity contribution in [3.8, 4) is 11.3 Å². The van der Waals surface area contributed by atoms with Crippen LogP contribution in [0.2, 0.25) is 0 Å². The molecule has 0 aliphatic rings. The van der Waals surface area contributed by atoms with E-state index in [4.69, 9.17) is 4.42 Å². The largest absolute Gasteiger partial charge is 0.461 e. The Morgan fingerprint density at radius 1 is 1.17 bits per heavy atom. The molecule has 0 fully saturated rings. The molecule has 0 saturated carbocycles. The number of benzene rings is 1. The molecule has 0 saturated heterocycles. The van der Waals surface area contributed by atoms with Gasteiger partial charge in [0.05, 0.1) is 12.0 Å². The molecular formula is C17H17F4NO2. The summed E-state index contributed by atoms with van der Waals surface area (Å²) in [6.07, 6.45) is -5.06. The van der Waals surface area contributed by atoms with Gasteiger partial charge in [0.1, 0.15) is 17.3 Å². The number of aryl methyl sites for hydroxylation is 1. The number of amides is 1. The molecule has 0 aliphatic carbocycles. The van der Waals surface area contributed by atoms with E-state index in [1.807, 2.05) is 0 Å². The molecular weight excluding hydrogens is 326 g/mol. The van der Waals surface area contributed by atoms with Gasteiger partial charge in [0.2, 0.25) is 5.91 Å². The van der Waals surface area contributed by atoms with Crippen LogP contribution in [-0.2, 0) is 11.2 Å². The lowest BCUT2D eigenvalue weighted by atomic mass is 10.1. The molecule has 0 N–H and O–H groups in total. The molecule has 0 aliphatic heterocycles. The highest BCUT2D eigenvalue weighted by Gasteiger charge is 2.28. The van der Waals surface area contributed by atoms with Crippen molar-refractivity contribution in [2.45, 2.75) is 25.4 Å². The third kappa shape index (κ3) is 5.11. The molecule has 1 amide bonds. The van der Waals surface area contributed by atoms with Crippen molar-refractivity contribution < 1.29 is 26.8 Å². The summed E-state index contributed by atoms with van der Waals surface area (Å²) in [4.78, 5) is 12.9. The summed E-state index contributed by atoms with van der Waals surface area (Å²) in [6, 6.07) is 9.37. The maximum atomic E-state index is 13.7. The van der Waals surface area contributed by atoms with E-state index in [1.54, 1.807) is 30.3 Å². The highest BCUT2D eigenvalue weighted by molar-refractivity contribution is 5.76. The van der Waals surface area contributed by atoms with Crippen molar-refractivity contribution in [3.63, 3.8) is 0 Å². The molecule has 7 heteroatoms. The van der Waals surface area contributed by atoms with Gasteiger partial charge >= 0.3 is 6.18 Å². The Bertz CT molecular complexity index is 694. The molecule has 0 atom stereocenters. The van der Waals surface area contributed by atoms with Gasteiger partial charge in [-0.05, 0) is 24.3 Å². The van der Waals surface area contributed by atoms with E-state index in [0.717, 1.165) is 4.90 Å². The van der Waals surface area contributed by atoms with Crippen LogP contribution >= 0.6 is 0 Å². The van der Waals surface area contributed by atoms with Crippen LogP contribution in [-0.4, -0.2) is 30.6 Å². The average Bonchev–Trinajstić information content (AvgIpc) is 2.98. The van der Waals surface area contributed by atoms with Gasteiger partial charge in [-0.3, -0.25) is 4.79 Å². The summed E-state index contributed by atoms with van der Waals surface area (Å²) in [5, 5.41) is 0. The number of nitrogens with zero attached hydrogens (tertiary/aromatic N) is 1. The number of halogens is 4. The van der Waals surface area contributed by atoms with Crippen LogP contribution in [0.15, 0.2) is 40.8 Å². The summed E-state index contributed by atoms with van der Waals surface area (Å²) >= 11 is 0. The van der Waals surface area contributed by atoms with Gasteiger partial charge in [-0.1, -0.05) is 12.1 Å². The van der Waals surface area contributed by atoms with Crippen molar-refractivity contribution in [2.75, 3.05) is 13.6 Å². The zero-order valence-electron chi connectivity index (χ0n) is 13.1. The summed E-state index contributed by atoms with van der Waals surface area (Å²) in [7, 11) is 1.33. The number of hydrogen-bond donors (Lipinski definition) is 0. The summed E-state index contributed by atoms with van der Waals surface area (Å²) in [5.74, 6) is 0.0104. The molecule has 2 rings (SSSR count). The van der Waals surface area contributed by atoms with Crippen molar-refractivity contribution >= 4 is 5.91 Å². The highest BCUT2D eigenvalue weighted by atomic mass is 19.4. The second-order valence-corrected chi connectivity index (χ2v) is 5.43. The predicted molar refractivity (Wildman–Crippen MR) is 80.7 cm³/mol. The molecule has 1 heterocycles. The van der Waals surface area contributed by atoms with Crippen molar-refractivity contribution in [3.05, 3.63) is 48.0 Å². The summed E-state index contributed by atoms with van der Waals surface area (Å²) in [5.41, 5.74) is 0.317. The lowest BCUT2D eigenvalue weighted by Crippen LogP contribution is -2.30. The van der Waals surface area contributed by atoms with E-state index in [9.17, 15) is 22.4 Å². The number of alkyl halides is 3. The van der Waals surface area contributed by atoms with E-state index in [2.05, 4.69) is 0 Å². The van der Waals surface area contributed by atoms with Crippen molar-refractivity contribution in [2.24, 2.45) is 0 Å². The Morgan fingerprint density at radius 2 is 1.88 bits per heavy atom. The van der Waals surface area contributed by atoms with Crippen LogP contribution in [0.25, 0.3) is 11.3 Å². The highest BCUT2D eigenvalue weighted by Crippen LogP contribution is 2.25. The average molecular weight is 343 g/mol. The van der Waals surface area contributed by atoms with Gasteiger partial charge in [-0.15, -0.1) is 0 Å². The number of furan rings is 1. The Hall–Kier alpha value is -2.31. The number of hydrogen-bond acceptors (Lipinski definition) is 2. The maximum absolute atomic E-state index is 13.7. The standard InChI is InChI=1S/C17H17F4NO2/c1-22(11-10-17(19,20)21)16(23)9-7-12-6-8-15(24-12)13-4-2-3-5-14(13)18/h2-6,8H,7,9-11H2,1H3. The van der Waals surface area contributed by atoms with E-state index in [1.165, 1.54) is 13.1 Å². The van der Waals surface area contributed by atoms with E-state index >= 15 is 0 Å². The predicted octanol–water partition coefficient (Wildman–Crippen LogP) is 4.43. The van der Waals surface area contributed by atoms with Crippen LogP contribution in [0.5, 0.6) is 0 Å². The van der Waals surface area contributed by atoms with Crippen LogP contribution < -0.4 is 0 Å². The third-order valence-electron chi connectivity index (χ3n) is 3.54. The number of rotatable bonds is 6. The fourth-order valence-electron chi connectivity index (χ4n) is 2.16. The third-order valence-corrected chi connectivity index (χ3v) is 3.54. The molecule has 1 aromatic heterocycles. The molecule has 0 spiro atoms. The minimum Gasteiger partial charge on any atom is -0.461 e. The zero-order chi connectivity index (χ0) is 17.7. The molecule has 130 valence electrons. The Labute approximate surface area is 136 Å². The van der Waals surface area contributed by atoms with Gasteiger partial charge in [-0.25, -0.2) is 4.39 Å². The van der Waals surface area contributed by atoms with Gasteiger partial charge < -0.3 is 9.32 Å². The monoisotopic (exact) mass is 343 g/mol. The van der Waals surface area contributed by atoms with Crippen molar-refractivity contribution in [1.82, 2.24) is 4.90 Å². The normalized spacial score (nSPS) is 11.5. The smallest absolute Gasteiger partial charge is 0.390 e. The minimum absolute atomic E-state index is 0.0264. The lowest BCUT2D eigenvalue weighted by molar-refractivity contribution is -0.144. The summed E-state index contributed by atoms with van der Waals surface area (Å²) < 4.78 is 55.6. The quantitative estimate of drug-likeness (QED) is 0.727. The minimum atomic E-state index is -4.29. The maximum Gasteiger partial charge on any atom is 0.390 e. The van der Waals surface area contributed by atoms with E-state index in [-0.39, 0.29) is 19.4 Å². The van der Waals surface area contributed by atoms with Crippen LogP contribution in [0.4, 0.5) is 17.6 Å². The number of carbonyl (C=O) groups excluding carboxylic acids is 1. The SMILES string of the molecule is CN(CCC(F)(F)F)C(=O)CCc1ccc(-c2ccccc2F)o1. The molecule has 24 heavy (non-hydrogen) atoms. The topological polar surface area (TPSA) is 33.5 Å².